The molecule has 0 saturated carbocycles. The summed E-state index contributed by atoms with van der Waals surface area (Å²) in [5.41, 5.74) is 1.29. The van der Waals surface area contributed by atoms with Gasteiger partial charge in [-0.2, -0.15) is 0 Å². The van der Waals surface area contributed by atoms with E-state index in [1.54, 1.807) is 0 Å². The Morgan fingerprint density at radius 1 is 1.05 bits per heavy atom. The molecule has 2 rings (SSSR count). The van der Waals surface area contributed by atoms with Crippen molar-refractivity contribution in [2.75, 3.05) is 11.9 Å². The standard InChI is InChI=1S/C16H17F2NO/c1-2-9-20-15-7-5-14(6-8-15)19-11-12-3-4-13(17)10-16(12)18/h3-8,10,19H,2,9,11H2,1H3. The van der Waals surface area contributed by atoms with E-state index in [0.717, 1.165) is 23.9 Å². The number of hydrogen-bond donors (Lipinski definition) is 1. The summed E-state index contributed by atoms with van der Waals surface area (Å²) >= 11 is 0. The lowest BCUT2D eigenvalue weighted by atomic mass is 10.2. The first-order valence-corrected chi connectivity index (χ1v) is 6.59. The van der Waals surface area contributed by atoms with E-state index in [9.17, 15) is 8.78 Å². The van der Waals surface area contributed by atoms with E-state index in [4.69, 9.17) is 4.74 Å². The number of nitrogens with one attached hydrogen (secondary N) is 1. The molecule has 106 valence electrons. The van der Waals surface area contributed by atoms with Crippen LogP contribution in [0.4, 0.5) is 14.5 Å². The van der Waals surface area contributed by atoms with E-state index >= 15 is 0 Å². The molecule has 1 N–H and O–H groups in total. The monoisotopic (exact) mass is 277 g/mol. The predicted octanol–water partition coefficient (Wildman–Crippen LogP) is 4.37. The van der Waals surface area contributed by atoms with Gasteiger partial charge in [0.25, 0.3) is 0 Å². The van der Waals surface area contributed by atoms with Crippen LogP contribution in [0.15, 0.2) is 42.5 Å². The van der Waals surface area contributed by atoms with Crippen LogP contribution in [0.2, 0.25) is 0 Å². The molecular weight excluding hydrogens is 260 g/mol. The molecule has 0 amide bonds. The molecule has 0 fully saturated rings. The van der Waals surface area contributed by atoms with Crippen molar-refractivity contribution in [2.45, 2.75) is 19.9 Å². The second-order valence-corrected chi connectivity index (χ2v) is 4.46. The molecular formula is C16H17F2NO. The molecule has 2 nitrogen and oxygen atoms in total. The Morgan fingerprint density at radius 2 is 1.80 bits per heavy atom. The lowest BCUT2D eigenvalue weighted by molar-refractivity contribution is 0.317. The van der Waals surface area contributed by atoms with Gasteiger partial charge in [0.1, 0.15) is 17.4 Å². The predicted molar refractivity (Wildman–Crippen MR) is 75.9 cm³/mol. The van der Waals surface area contributed by atoms with Gasteiger partial charge in [0.2, 0.25) is 0 Å². The van der Waals surface area contributed by atoms with E-state index in [0.29, 0.717) is 18.7 Å². The van der Waals surface area contributed by atoms with Crippen molar-refractivity contribution >= 4 is 5.69 Å². The summed E-state index contributed by atoms with van der Waals surface area (Å²) < 4.78 is 31.7. The third-order valence-electron chi connectivity index (χ3n) is 2.83. The van der Waals surface area contributed by atoms with Crippen molar-refractivity contribution in [3.63, 3.8) is 0 Å². The molecule has 0 aliphatic carbocycles. The van der Waals surface area contributed by atoms with Crippen molar-refractivity contribution in [1.29, 1.82) is 0 Å². The molecule has 0 aliphatic rings. The summed E-state index contributed by atoms with van der Waals surface area (Å²) in [6.45, 7) is 3.04. The Kier molecular flexibility index (Phi) is 4.93. The Bertz CT molecular complexity index is 555. The van der Waals surface area contributed by atoms with Gasteiger partial charge in [0.15, 0.2) is 0 Å². The molecule has 0 aliphatic heterocycles. The number of rotatable bonds is 6. The van der Waals surface area contributed by atoms with Crippen LogP contribution in [0.5, 0.6) is 5.75 Å². The summed E-state index contributed by atoms with van der Waals surface area (Å²) in [5.74, 6) is -0.297. The fourth-order valence-electron chi connectivity index (χ4n) is 1.75. The van der Waals surface area contributed by atoms with Crippen molar-refractivity contribution in [3.05, 3.63) is 59.7 Å². The topological polar surface area (TPSA) is 21.3 Å². The lowest BCUT2D eigenvalue weighted by Crippen LogP contribution is -2.02. The summed E-state index contributed by atoms with van der Waals surface area (Å²) in [5, 5.41) is 3.09. The second-order valence-electron chi connectivity index (χ2n) is 4.46. The summed E-state index contributed by atoms with van der Waals surface area (Å²) in [7, 11) is 0. The Morgan fingerprint density at radius 3 is 2.45 bits per heavy atom. The molecule has 2 aromatic carbocycles. The highest BCUT2D eigenvalue weighted by Crippen LogP contribution is 2.17. The Hall–Kier alpha value is -2.10. The average Bonchev–Trinajstić information content (AvgIpc) is 2.45. The van der Waals surface area contributed by atoms with Crippen LogP contribution in [0, 0.1) is 11.6 Å². The smallest absolute Gasteiger partial charge is 0.131 e. The van der Waals surface area contributed by atoms with Crippen LogP contribution in [0.1, 0.15) is 18.9 Å². The zero-order chi connectivity index (χ0) is 14.4. The summed E-state index contributed by atoms with van der Waals surface area (Å²) in [4.78, 5) is 0. The largest absolute Gasteiger partial charge is 0.494 e. The lowest BCUT2D eigenvalue weighted by Gasteiger charge is -2.09. The highest BCUT2D eigenvalue weighted by atomic mass is 19.1. The molecule has 0 atom stereocenters. The molecule has 20 heavy (non-hydrogen) atoms. The number of halogens is 2. The minimum atomic E-state index is -0.566. The van der Waals surface area contributed by atoms with E-state index in [1.165, 1.54) is 12.1 Å². The first-order chi connectivity index (χ1) is 9.69. The van der Waals surface area contributed by atoms with E-state index in [-0.39, 0.29) is 0 Å². The second kappa shape index (κ2) is 6.89. The van der Waals surface area contributed by atoms with Gasteiger partial charge in [-0.1, -0.05) is 13.0 Å². The molecule has 0 aromatic heterocycles. The van der Waals surface area contributed by atoms with Gasteiger partial charge in [0, 0.05) is 23.9 Å². The van der Waals surface area contributed by atoms with Crippen LogP contribution in [-0.2, 0) is 6.54 Å². The minimum absolute atomic E-state index is 0.307. The van der Waals surface area contributed by atoms with Crippen LogP contribution in [-0.4, -0.2) is 6.61 Å². The maximum atomic E-state index is 13.5. The van der Waals surface area contributed by atoms with Crippen molar-refractivity contribution < 1.29 is 13.5 Å². The van der Waals surface area contributed by atoms with Crippen molar-refractivity contribution in [2.24, 2.45) is 0 Å². The van der Waals surface area contributed by atoms with Gasteiger partial charge < -0.3 is 10.1 Å². The van der Waals surface area contributed by atoms with Crippen molar-refractivity contribution in [1.82, 2.24) is 0 Å². The minimum Gasteiger partial charge on any atom is -0.494 e. The molecule has 0 heterocycles. The molecule has 0 radical (unpaired) electrons. The zero-order valence-corrected chi connectivity index (χ0v) is 11.3. The first kappa shape index (κ1) is 14.3. The third kappa shape index (κ3) is 3.95. The molecule has 0 bridgehead atoms. The van der Waals surface area contributed by atoms with Gasteiger partial charge in [0.05, 0.1) is 6.61 Å². The van der Waals surface area contributed by atoms with Gasteiger partial charge in [-0.25, -0.2) is 8.78 Å². The quantitative estimate of drug-likeness (QED) is 0.846. The van der Waals surface area contributed by atoms with Gasteiger partial charge in [-0.05, 0) is 36.8 Å². The molecule has 4 heteroatoms. The molecule has 2 aromatic rings. The number of benzene rings is 2. The fraction of sp³-hybridized carbons (Fsp3) is 0.250. The Labute approximate surface area is 117 Å². The summed E-state index contributed by atoms with van der Waals surface area (Å²) in [6.07, 6.45) is 0.962. The zero-order valence-electron chi connectivity index (χ0n) is 11.3. The maximum Gasteiger partial charge on any atom is 0.131 e. The van der Waals surface area contributed by atoms with Gasteiger partial charge >= 0.3 is 0 Å². The van der Waals surface area contributed by atoms with E-state index in [1.807, 2.05) is 31.2 Å². The maximum absolute atomic E-state index is 13.5. The van der Waals surface area contributed by atoms with Crippen LogP contribution >= 0.6 is 0 Å². The van der Waals surface area contributed by atoms with Crippen LogP contribution in [0.3, 0.4) is 0 Å². The fourth-order valence-corrected chi connectivity index (χ4v) is 1.75. The van der Waals surface area contributed by atoms with E-state index < -0.39 is 11.6 Å². The van der Waals surface area contributed by atoms with Crippen molar-refractivity contribution in [3.8, 4) is 5.75 Å². The normalized spacial score (nSPS) is 10.3. The highest BCUT2D eigenvalue weighted by Gasteiger charge is 2.03. The molecule has 0 unspecified atom stereocenters. The third-order valence-corrected chi connectivity index (χ3v) is 2.83. The Balaban J connectivity index is 1.93. The van der Waals surface area contributed by atoms with E-state index in [2.05, 4.69) is 5.32 Å². The number of ether oxygens (including phenoxy) is 1. The van der Waals surface area contributed by atoms with Crippen LogP contribution < -0.4 is 10.1 Å². The number of hydrogen-bond acceptors (Lipinski definition) is 2. The SMILES string of the molecule is CCCOc1ccc(NCc2ccc(F)cc2F)cc1. The van der Waals surface area contributed by atoms with Crippen LogP contribution in [0.25, 0.3) is 0 Å². The molecule has 0 saturated heterocycles. The average molecular weight is 277 g/mol. The summed E-state index contributed by atoms with van der Waals surface area (Å²) in [6, 6.07) is 11.0. The van der Waals surface area contributed by atoms with Gasteiger partial charge in [-0.3, -0.25) is 0 Å². The number of anilines is 1. The highest BCUT2D eigenvalue weighted by molar-refractivity contribution is 5.46. The molecule has 0 spiro atoms. The first-order valence-electron chi connectivity index (χ1n) is 6.59. The van der Waals surface area contributed by atoms with Gasteiger partial charge in [-0.15, -0.1) is 0 Å².